The molecule has 0 aliphatic carbocycles. The lowest BCUT2D eigenvalue weighted by Gasteiger charge is -2.37. The number of nitrogens with one attached hydrogen (secondary N) is 1. The molecule has 2 heterocycles. The summed E-state index contributed by atoms with van der Waals surface area (Å²) in [4.78, 5) is 14.2. The van der Waals surface area contributed by atoms with Crippen molar-refractivity contribution in [2.45, 2.75) is 25.3 Å². The van der Waals surface area contributed by atoms with Gasteiger partial charge in [0.15, 0.2) is 0 Å². The van der Waals surface area contributed by atoms with Crippen molar-refractivity contribution in [2.75, 3.05) is 25.0 Å². The van der Waals surface area contributed by atoms with E-state index in [0.29, 0.717) is 10.5 Å². The molecular weight excluding hydrogens is 296 g/mol. The predicted octanol–water partition coefficient (Wildman–Crippen LogP) is 1.12. The van der Waals surface area contributed by atoms with E-state index in [-0.39, 0.29) is 5.56 Å². The molecule has 1 aromatic heterocycles. The third-order valence-electron chi connectivity index (χ3n) is 3.44. The first-order chi connectivity index (χ1) is 8.65. The van der Waals surface area contributed by atoms with Gasteiger partial charge in [-0.25, -0.2) is 4.68 Å². The fourth-order valence-electron chi connectivity index (χ4n) is 2.47. The van der Waals surface area contributed by atoms with Crippen molar-refractivity contribution in [3.63, 3.8) is 0 Å². The van der Waals surface area contributed by atoms with E-state index in [0.717, 1.165) is 25.2 Å². The minimum Gasteiger partial charge on any atom is -0.365 e. The lowest BCUT2D eigenvalue weighted by molar-refractivity contribution is 0.444. The van der Waals surface area contributed by atoms with Gasteiger partial charge < -0.3 is 10.2 Å². The summed E-state index contributed by atoms with van der Waals surface area (Å²) >= 11 is 3.41. The van der Waals surface area contributed by atoms with Crippen LogP contribution in [-0.2, 0) is 7.05 Å². The van der Waals surface area contributed by atoms with Gasteiger partial charge >= 0.3 is 0 Å². The Bertz CT molecular complexity index is 472. The molecule has 100 valence electrons. The maximum absolute atomic E-state index is 11.9. The van der Waals surface area contributed by atoms with E-state index in [1.807, 2.05) is 7.05 Å². The highest BCUT2D eigenvalue weighted by Gasteiger charge is 2.24. The van der Waals surface area contributed by atoms with Crippen LogP contribution in [0.3, 0.4) is 0 Å². The number of hydrogen-bond donors (Lipinski definition) is 1. The summed E-state index contributed by atoms with van der Waals surface area (Å²) in [6, 6.07) is 0.439. The number of aromatic nitrogens is 2. The minimum absolute atomic E-state index is 0.0821. The maximum Gasteiger partial charge on any atom is 0.282 e. The van der Waals surface area contributed by atoms with E-state index in [4.69, 9.17) is 0 Å². The number of piperidine rings is 1. The molecule has 1 N–H and O–H groups in total. The van der Waals surface area contributed by atoms with Crippen molar-refractivity contribution in [3.8, 4) is 0 Å². The number of anilines is 1. The summed E-state index contributed by atoms with van der Waals surface area (Å²) in [5.74, 6) is 0. The number of aryl methyl sites for hydroxylation is 1. The average molecular weight is 315 g/mol. The smallest absolute Gasteiger partial charge is 0.282 e. The van der Waals surface area contributed by atoms with Gasteiger partial charge in [0.2, 0.25) is 0 Å². The Kier molecular flexibility index (Phi) is 4.40. The van der Waals surface area contributed by atoms with Gasteiger partial charge in [0, 0.05) is 26.2 Å². The van der Waals surface area contributed by atoms with Gasteiger partial charge in [-0.2, -0.15) is 5.10 Å². The summed E-state index contributed by atoms with van der Waals surface area (Å²) in [6.07, 6.45) is 5.35. The highest BCUT2D eigenvalue weighted by Crippen LogP contribution is 2.28. The molecule has 0 aromatic carbocycles. The Hall–Kier alpha value is -0.880. The Morgan fingerprint density at radius 1 is 1.56 bits per heavy atom. The second kappa shape index (κ2) is 5.84. The van der Waals surface area contributed by atoms with Gasteiger partial charge in [-0.15, -0.1) is 0 Å². The quantitative estimate of drug-likeness (QED) is 0.908. The van der Waals surface area contributed by atoms with Crippen LogP contribution in [-0.4, -0.2) is 36.0 Å². The van der Waals surface area contributed by atoms with Crippen LogP contribution < -0.4 is 15.8 Å². The highest BCUT2D eigenvalue weighted by molar-refractivity contribution is 9.10. The van der Waals surface area contributed by atoms with E-state index in [1.54, 1.807) is 13.2 Å². The topological polar surface area (TPSA) is 50.2 Å². The molecule has 5 nitrogen and oxygen atoms in total. The van der Waals surface area contributed by atoms with Crippen molar-refractivity contribution < 1.29 is 0 Å². The lowest BCUT2D eigenvalue weighted by atomic mass is 10.0. The molecule has 1 aromatic rings. The van der Waals surface area contributed by atoms with Gasteiger partial charge in [-0.1, -0.05) is 0 Å². The Balaban J connectivity index is 2.34. The molecule has 18 heavy (non-hydrogen) atoms. The molecule has 1 unspecified atom stereocenters. The molecule has 1 saturated heterocycles. The van der Waals surface area contributed by atoms with Crippen LogP contribution in [0.25, 0.3) is 0 Å². The standard InChI is InChI=1S/C12H19BrN4O/c1-14-7-9-5-3-4-6-17(9)10-8-15-16(2)12(18)11(10)13/h8-9,14H,3-7H2,1-2H3. The first-order valence-corrected chi connectivity index (χ1v) is 7.07. The number of likely N-dealkylation sites (N-methyl/N-ethyl adjacent to an activating group) is 1. The number of hydrogen-bond acceptors (Lipinski definition) is 4. The first kappa shape index (κ1) is 13.5. The van der Waals surface area contributed by atoms with Crippen molar-refractivity contribution in [3.05, 3.63) is 21.0 Å². The summed E-state index contributed by atoms with van der Waals surface area (Å²) < 4.78 is 1.97. The molecule has 6 heteroatoms. The second-order valence-corrected chi connectivity index (χ2v) is 5.47. The van der Waals surface area contributed by atoms with Gasteiger partial charge in [0.25, 0.3) is 5.56 Å². The monoisotopic (exact) mass is 314 g/mol. The largest absolute Gasteiger partial charge is 0.365 e. The predicted molar refractivity (Wildman–Crippen MR) is 76.1 cm³/mol. The van der Waals surface area contributed by atoms with Crippen molar-refractivity contribution in [1.82, 2.24) is 15.1 Å². The summed E-state index contributed by atoms with van der Waals surface area (Å²) in [5, 5.41) is 7.34. The lowest BCUT2D eigenvalue weighted by Crippen LogP contribution is -2.45. The maximum atomic E-state index is 11.9. The normalized spacial score (nSPS) is 20.2. The van der Waals surface area contributed by atoms with Crippen molar-refractivity contribution >= 4 is 21.6 Å². The number of halogens is 1. The molecule has 0 radical (unpaired) electrons. The fraction of sp³-hybridized carbons (Fsp3) is 0.667. The van der Waals surface area contributed by atoms with Crippen LogP contribution in [0.15, 0.2) is 15.5 Å². The van der Waals surface area contributed by atoms with Gasteiger partial charge in [0.05, 0.1) is 11.9 Å². The van der Waals surface area contributed by atoms with E-state index < -0.39 is 0 Å². The molecule has 2 rings (SSSR count). The number of nitrogens with zero attached hydrogens (tertiary/aromatic N) is 3. The van der Waals surface area contributed by atoms with Crippen LogP contribution in [0.5, 0.6) is 0 Å². The van der Waals surface area contributed by atoms with Crippen molar-refractivity contribution in [1.29, 1.82) is 0 Å². The summed E-state index contributed by atoms with van der Waals surface area (Å²) in [7, 11) is 3.63. The zero-order chi connectivity index (χ0) is 13.1. The summed E-state index contributed by atoms with van der Waals surface area (Å²) in [5.41, 5.74) is 0.833. The molecule has 1 atom stereocenters. The Morgan fingerprint density at radius 2 is 2.33 bits per heavy atom. The molecule has 0 amide bonds. The number of rotatable bonds is 3. The van der Waals surface area contributed by atoms with Crippen LogP contribution in [0.1, 0.15) is 19.3 Å². The molecule has 1 aliphatic heterocycles. The van der Waals surface area contributed by atoms with Crippen LogP contribution in [0.2, 0.25) is 0 Å². The minimum atomic E-state index is -0.0821. The molecule has 1 fully saturated rings. The second-order valence-electron chi connectivity index (χ2n) is 4.67. The molecular formula is C12H19BrN4O. The third kappa shape index (κ3) is 2.59. The Labute approximate surface area is 115 Å². The molecule has 0 bridgehead atoms. The first-order valence-electron chi connectivity index (χ1n) is 6.28. The van der Waals surface area contributed by atoms with Crippen molar-refractivity contribution in [2.24, 2.45) is 7.05 Å². The van der Waals surface area contributed by atoms with Gasteiger partial charge in [-0.05, 0) is 42.2 Å². The van der Waals surface area contributed by atoms with E-state index in [9.17, 15) is 4.79 Å². The van der Waals surface area contributed by atoms with E-state index >= 15 is 0 Å². The van der Waals surface area contributed by atoms with E-state index in [1.165, 1.54) is 17.5 Å². The zero-order valence-electron chi connectivity index (χ0n) is 10.8. The third-order valence-corrected chi connectivity index (χ3v) is 4.18. The highest BCUT2D eigenvalue weighted by atomic mass is 79.9. The fourth-order valence-corrected chi connectivity index (χ4v) is 3.05. The van der Waals surface area contributed by atoms with Crippen LogP contribution in [0, 0.1) is 0 Å². The van der Waals surface area contributed by atoms with Crippen LogP contribution >= 0.6 is 15.9 Å². The van der Waals surface area contributed by atoms with Gasteiger partial charge in [-0.3, -0.25) is 4.79 Å². The average Bonchev–Trinajstić information content (AvgIpc) is 2.38. The zero-order valence-corrected chi connectivity index (χ0v) is 12.4. The van der Waals surface area contributed by atoms with Crippen LogP contribution in [0.4, 0.5) is 5.69 Å². The molecule has 0 spiro atoms. The Morgan fingerprint density at radius 3 is 3.06 bits per heavy atom. The van der Waals surface area contributed by atoms with Gasteiger partial charge in [0.1, 0.15) is 4.47 Å². The van der Waals surface area contributed by atoms with E-state index in [2.05, 4.69) is 31.2 Å². The molecule has 0 saturated carbocycles. The SMILES string of the molecule is CNCC1CCCCN1c1cnn(C)c(=O)c1Br. The summed E-state index contributed by atoms with van der Waals surface area (Å²) in [6.45, 7) is 1.92. The molecule has 1 aliphatic rings.